The first-order chi connectivity index (χ1) is 8.77. The Morgan fingerprint density at radius 3 is 2.22 bits per heavy atom. The highest BCUT2D eigenvalue weighted by molar-refractivity contribution is 5.65. The molecule has 0 aromatic heterocycles. The Kier molecular flexibility index (Phi) is 13.2. The van der Waals surface area contributed by atoms with Crippen molar-refractivity contribution < 1.29 is 9.53 Å². The van der Waals surface area contributed by atoms with Crippen LogP contribution in [0.3, 0.4) is 0 Å². The van der Waals surface area contributed by atoms with Gasteiger partial charge in [0.2, 0.25) is 0 Å². The number of ether oxygens (including phenoxy) is 1. The molecule has 0 aromatic rings. The smallest absolute Gasteiger partial charge is 0.302 e. The van der Waals surface area contributed by atoms with Crippen LogP contribution in [0, 0.1) is 0 Å². The van der Waals surface area contributed by atoms with Gasteiger partial charge in [0.05, 0.1) is 6.61 Å². The van der Waals surface area contributed by atoms with E-state index in [9.17, 15) is 4.79 Å². The van der Waals surface area contributed by atoms with E-state index in [-0.39, 0.29) is 5.97 Å². The van der Waals surface area contributed by atoms with E-state index in [1.807, 2.05) is 0 Å². The number of hydrogen-bond donors (Lipinski definition) is 0. The topological polar surface area (TPSA) is 26.3 Å². The van der Waals surface area contributed by atoms with E-state index in [1.165, 1.54) is 45.4 Å². The summed E-state index contributed by atoms with van der Waals surface area (Å²) >= 11 is 0. The largest absolute Gasteiger partial charge is 0.466 e. The summed E-state index contributed by atoms with van der Waals surface area (Å²) in [5.74, 6) is -0.168. The molecule has 0 fully saturated rings. The Morgan fingerprint density at radius 1 is 0.944 bits per heavy atom. The van der Waals surface area contributed by atoms with Gasteiger partial charge < -0.3 is 4.74 Å². The fraction of sp³-hybridized carbons (Fsp3) is 0.688. The highest BCUT2D eigenvalue weighted by atomic mass is 16.5. The second-order valence-corrected chi connectivity index (χ2v) is 4.51. The molecule has 0 heterocycles. The van der Waals surface area contributed by atoms with E-state index in [2.05, 4.69) is 31.2 Å². The molecule has 0 spiro atoms. The number of carbonyl (C=O) groups excluding carboxylic acids is 1. The number of unbranched alkanes of at least 4 members (excludes halogenated alkanes) is 6. The van der Waals surface area contributed by atoms with Crippen LogP contribution < -0.4 is 0 Å². The summed E-state index contributed by atoms with van der Waals surface area (Å²) in [7, 11) is 0. The lowest BCUT2D eigenvalue weighted by atomic mass is 10.1. The fourth-order valence-corrected chi connectivity index (χ4v) is 1.68. The SMILES string of the molecule is CC/C=C/C=CCCCCCCCCOC(C)=O. The fourth-order valence-electron chi connectivity index (χ4n) is 1.68. The maximum absolute atomic E-state index is 10.5. The number of carbonyl (C=O) groups is 1. The maximum Gasteiger partial charge on any atom is 0.302 e. The van der Waals surface area contributed by atoms with Gasteiger partial charge in [-0.05, 0) is 25.7 Å². The Hall–Kier alpha value is -1.05. The van der Waals surface area contributed by atoms with Crippen LogP contribution in [0.2, 0.25) is 0 Å². The molecule has 0 unspecified atom stereocenters. The van der Waals surface area contributed by atoms with Crippen molar-refractivity contribution in [1.29, 1.82) is 0 Å². The molecule has 104 valence electrons. The number of esters is 1. The lowest BCUT2D eigenvalue weighted by Crippen LogP contribution is -1.99. The summed E-state index contributed by atoms with van der Waals surface area (Å²) < 4.78 is 4.88. The van der Waals surface area contributed by atoms with Crippen LogP contribution in [0.15, 0.2) is 24.3 Å². The normalized spacial score (nSPS) is 11.4. The lowest BCUT2D eigenvalue weighted by Gasteiger charge is -2.01. The summed E-state index contributed by atoms with van der Waals surface area (Å²) in [5.41, 5.74) is 0. The van der Waals surface area contributed by atoms with Gasteiger partial charge in [0.15, 0.2) is 0 Å². The molecule has 2 heteroatoms. The number of hydrogen-bond acceptors (Lipinski definition) is 2. The molecule has 0 saturated carbocycles. The van der Waals surface area contributed by atoms with Crippen LogP contribution in [0.5, 0.6) is 0 Å². The zero-order chi connectivity index (χ0) is 13.5. The van der Waals surface area contributed by atoms with E-state index in [1.54, 1.807) is 0 Å². The van der Waals surface area contributed by atoms with E-state index in [0.717, 1.165) is 12.8 Å². The molecule has 2 nitrogen and oxygen atoms in total. The van der Waals surface area contributed by atoms with Gasteiger partial charge in [0.1, 0.15) is 0 Å². The molecule has 0 amide bonds. The van der Waals surface area contributed by atoms with Crippen LogP contribution >= 0.6 is 0 Å². The van der Waals surface area contributed by atoms with Crippen molar-refractivity contribution in [2.75, 3.05) is 6.61 Å². The highest BCUT2D eigenvalue weighted by Crippen LogP contribution is 2.07. The molecule has 0 aliphatic carbocycles. The van der Waals surface area contributed by atoms with Gasteiger partial charge in [-0.2, -0.15) is 0 Å². The van der Waals surface area contributed by atoms with Gasteiger partial charge in [0, 0.05) is 6.92 Å². The summed E-state index contributed by atoms with van der Waals surface area (Å²) in [4.78, 5) is 10.5. The molecule has 0 N–H and O–H groups in total. The standard InChI is InChI=1S/C16H28O2/c1-3-4-5-6-7-8-9-10-11-12-13-14-15-18-16(2)17/h4-7H,3,8-15H2,1-2H3/b5-4+,7-6?. The van der Waals surface area contributed by atoms with Crippen molar-refractivity contribution in [2.45, 2.75) is 65.2 Å². The van der Waals surface area contributed by atoms with Crippen molar-refractivity contribution in [3.63, 3.8) is 0 Å². The second kappa shape index (κ2) is 14.0. The van der Waals surface area contributed by atoms with E-state index in [0.29, 0.717) is 6.61 Å². The van der Waals surface area contributed by atoms with Crippen LogP contribution in [0.1, 0.15) is 65.2 Å². The third-order valence-corrected chi connectivity index (χ3v) is 2.69. The molecule has 0 atom stereocenters. The zero-order valence-corrected chi connectivity index (χ0v) is 12.0. The van der Waals surface area contributed by atoms with Gasteiger partial charge in [-0.25, -0.2) is 0 Å². The predicted molar refractivity (Wildman–Crippen MR) is 77.5 cm³/mol. The summed E-state index contributed by atoms with van der Waals surface area (Å²) in [6, 6.07) is 0. The van der Waals surface area contributed by atoms with Crippen LogP contribution in [-0.2, 0) is 9.53 Å². The summed E-state index contributed by atoms with van der Waals surface area (Å²) in [6.07, 6.45) is 18.3. The molecule has 0 saturated heterocycles. The Labute approximate surface area is 112 Å². The summed E-state index contributed by atoms with van der Waals surface area (Å²) in [5, 5.41) is 0. The third-order valence-electron chi connectivity index (χ3n) is 2.69. The second-order valence-electron chi connectivity index (χ2n) is 4.51. The minimum absolute atomic E-state index is 0.168. The molecule has 0 aromatic carbocycles. The Bertz CT molecular complexity index is 241. The number of allylic oxidation sites excluding steroid dienone is 4. The minimum atomic E-state index is -0.168. The predicted octanol–water partition coefficient (Wildman–Crippen LogP) is 4.80. The molecule has 0 aliphatic heterocycles. The van der Waals surface area contributed by atoms with Crippen LogP contribution in [-0.4, -0.2) is 12.6 Å². The zero-order valence-electron chi connectivity index (χ0n) is 12.0. The van der Waals surface area contributed by atoms with Crippen molar-refractivity contribution >= 4 is 5.97 Å². The van der Waals surface area contributed by atoms with Gasteiger partial charge >= 0.3 is 5.97 Å². The average Bonchev–Trinajstić information content (AvgIpc) is 2.34. The molecule has 0 rings (SSSR count). The quantitative estimate of drug-likeness (QED) is 0.300. The van der Waals surface area contributed by atoms with Crippen molar-refractivity contribution in [1.82, 2.24) is 0 Å². The van der Waals surface area contributed by atoms with Gasteiger partial charge in [-0.3, -0.25) is 4.79 Å². The van der Waals surface area contributed by atoms with Crippen LogP contribution in [0.4, 0.5) is 0 Å². The van der Waals surface area contributed by atoms with Gasteiger partial charge in [-0.1, -0.05) is 56.9 Å². The van der Waals surface area contributed by atoms with E-state index >= 15 is 0 Å². The van der Waals surface area contributed by atoms with Crippen molar-refractivity contribution in [3.05, 3.63) is 24.3 Å². The molecule has 18 heavy (non-hydrogen) atoms. The Balaban J connectivity index is 3.09. The van der Waals surface area contributed by atoms with Crippen LogP contribution in [0.25, 0.3) is 0 Å². The number of rotatable bonds is 11. The lowest BCUT2D eigenvalue weighted by molar-refractivity contribution is -0.141. The van der Waals surface area contributed by atoms with E-state index < -0.39 is 0 Å². The monoisotopic (exact) mass is 252 g/mol. The molecule has 0 radical (unpaired) electrons. The van der Waals surface area contributed by atoms with E-state index in [4.69, 9.17) is 4.74 Å². The van der Waals surface area contributed by atoms with Gasteiger partial charge in [0.25, 0.3) is 0 Å². The van der Waals surface area contributed by atoms with Gasteiger partial charge in [-0.15, -0.1) is 0 Å². The first kappa shape index (κ1) is 16.9. The molecular weight excluding hydrogens is 224 g/mol. The average molecular weight is 252 g/mol. The Morgan fingerprint density at radius 2 is 1.56 bits per heavy atom. The first-order valence-corrected chi connectivity index (χ1v) is 7.22. The third kappa shape index (κ3) is 14.9. The molecular formula is C16H28O2. The molecule has 0 bridgehead atoms. The first-order valence-electron chi connectivity index (χ1n) is 7.22. The minimum Gasteiger partial charge on any atom is -0.466 e. The van der Waals surface area contributed by atoms with Crippen molar-refractivity contribution in [3.8, 4) is 0 Å². The maximum atomic E-state index is 10.5. The van der Waals surface area contributed by atoms with Crippen molar-refractivity contribution in [2.24, 2.45) is 0 Å². The summed E-state index contributed by atoms with van der Waals surface area (Å²) in [6.45, 7) is 4.19. The highest BCUT2D eigenvalue weighted by Gasteiger charge is 1.93. The molecule has 0 aliphatic rings.